The third-order valence-corrected chi connectivity index (χ3v) is 3.97. The van der Waals surface area contributed by atoms with Gasteiger partial charge in [-0.2, -0.15) is 0 Å². The van der Waals surface area contributed by atoms with Crippen LogP contribution in [-0.4, -0.2) is 51.7 Å². The molecule has 0 bridgehead atoms. The van der Waals surface area contributed by atoms with Gasteiger partial charge >= 0.3 is 5.97 Å². The zero-order valence-corrected chi connectivity index (χ0v) is 15.6. The van der Waals surface area contributed by atoms with Gasteiger partial charge in [-0.1, -0.05) is 11.3 Å². The number of nitrogens with one attached hydrogen (secondary N) is 1. The summed E-state index contributed by atoms with van der Waals surface area (Å²) in [5.41, 5.74) is -0.823. The highest BCUT2D eigenvalue weighted by Crippen LogP contribution is 2.16. The van der Waals surface area contributed by atoms with Crippen LogP contribution in [-0.2, 0) is 20.7 Å². The molecular weight excluding hydrogens is 374 g/mol. The van der Waals surface area contributed by atoms with Gasteiger partial charge in [0.25, 0.3) is 0 Å². The molecule has 2 rings (SSSR count). The largest absolute Gasteiger partial charge is 0.481 e. The number of aromatic nitrogens is 3. The van der Waals surface area contributed by atoms with Crippen molar-refractivity contribution < 1.29 is 28.2 Å². The van der Waals surface area contributed by atoms with Gasteiger partial charge in [0.15, 0.2) is 11.6 Å². The molecule has 8 nitrogen and oxygen atoms in total. The molecule has 0 atom stereocenters. The van der Waals surface area contributed by atoms with E-state index in [9.17, 15) is 18.4 Å². The summed E-state index contributed by atoms with van der Waals surface area (Å²) in [6, 6.07) is 3.54. The van der Waals surface area contributed by atoms with Gasteiger partial charge < -0.3 is 15.2 Å². The molecule has 0 unspecified atom stereocenters. The molecule has 152 valence electrons. The molecule has 0 fully saturated rings. The van der Waals surface area contributed by atoms with Crippen molar-refractivity contribution >= 4 is 11.9 Å². The van der Waals surface area contributed by atoms with Crippen LogP contribution in [0.25, 0.3) is 5.69 Å². The SMILES string of the molecule is CC(C)(CNC(=O)COCCCc1cn(-c2c(F)cccc2F)nn1)C(=O)O. The molecule has 0 radical (unpaired) electrons. The number of halogens is 2. The van der Waals surface area contributed by atoms with E-state index in [1.807, 2.05) is 0 Å². The van der Waals surface area contributed by atoms with Gasteiger partial charge in [-0.3, -0.25) is 9.59 Å². The van der Waals surface area contributed by atoms with Gasteiger partial charge in [0.2, 0.25) is 5.91 Å². The lowest BCUT2D eigenvalue weighted by Gasteiger charge is -2.19. The summed E-state index contributed by atoms with van der Waals surface area (Å²) >= 11 is 0. The Balaban J connectivity index is 1.71. The number of hydrogen-bond donors (Lipinski definition) is 2. The lowest BCUT2D eigenvalue weighted by atomic mass is 9.94. The van der Waals surface area contributed by atoms with Crippen molar-refractivity contribution in [3.05, 3.63) is 41.7 Å². The van der Waals surface area contributed by atoms with Crippen LogP contribution >= 0.6 is 0 Å². The number of nitrogens with zero attached hydrogens (tertiary/aromatic N) is 3. The van der Waals surface area contributed by atoms with Crippen molar-refractivity contribution in [3.63, 3.8) is 0 Å². The first-order valence-corrected chi connectivity index (χ1v) is 8.64. The predicted octanol–water partition coefficient (Wildman–Crippen LogP) is 1.72. The molecule has 28 heavy (non-hydrogen) atoms. The van der Waals surface area contributed by atoms with Crippen LogP contribution in [0.2, 0.25) is 0 Å². The van der Waals surface area contributed by atoms with E-state index in [2.05, 4.69) is 15.6 Å². The number of rotatable bonds is 10. The highest BCUT2D eigenvalue weighted by Gasteiger charge is 2.27. The molecule has 0 aliphatic rings. The highest BCUT2D eigenvalue weighted by molar-refractivity contribution is 5.79. The topological polar surface area (TPSA) is 106 Å². The quantitative estimate of drug-likeness (QED) is 0.593. The minimum atomic E-state index is -1.06. The summed E-state index contributed by atoms with van der Waals surface area (Å²) in [5, 5.41) is 19.1. The average molecular weight is 396 g/mol. The Morgan fingerprint density at radius 2 is 1.96 bits per heavy atom. The molecule has 0 saturated heterocycles. The number of benzene rings is 1. The second kappa shape index (κ2) is 9.36. The minimum absolute atomic E-state index is 0.000235. The van der Waals surface area contributed by atoms with E-state index in [1.54, 1.807) is 0 Å². The zero-order chi connectivity index (χ0) is 20.7. The van der Waals surface area contributed by atoms with E-state index in [4.69, 9.17) is 9.84 Å². The summed E-state index contributed by atoms with van der Waals surface area (Å²) in [6.07, 6.45) is 2.40. The number of hydrogen-bond acceptors (Lipinski definition) is 5. The van der Waals surface area contributed by atoms with Crippen molar-refractivity contribution in [2.75, 3.05) is 19.8 Å². The number of carbonyl (C=O) groups excluding carboxylic acids is 1. The minimum Gasteiger partial charge on any atom is -0.481 e. The fourth-order valence-corrected chi connectivity index (χ4v) is 2.20. The third-order valence-electron chi connectivity index (χ3n) is 3.97. The summed E-state index contributed by atoms with van der Waals surface area (Å²) < 4.78 is 33.7. The molecule has 2 N–H and O–H groups in total. The van der Waals surface area contributed by atoms with Crippen molar-refractivity contribution in [2.24, 2.45) is 5.41 Å². The van der Waals surface area contributed by atoms with E-state index in [-0.39, 0.29) is 25.4 Å². The van der Waals surface area contributed by atoms with Crippen LogP contribution in [0.1, 0.15) is 26.0 Å². The Labute approximate surface area is 160 Å². The van der Waals surface area contributed by atoms with Crippen LogP contribution < -0.4 is 5.32 Å². The van der Waals surface area contributed by atoms with Gasteiger partial charge in [0.1, 0.15) is 12.3 Å². The first-order valence-electron chi connectivity index (χ1n) is 8.64. The number of carboxylic acid groups (broad SMARTS) is 1. The number of ether oxygens (including phenoxy) is 1. The van der Waals surface area contributed by atoms with Gasteiger partial charge in [0.05, 0.1) is 17.3 Å². The fraction of sp³-hybridized carbons (Fsp3) is 0.444. The molecule has 1 heterocycles. The van der Waals surface area contributed by atoms with E-state index in [0.717, 1.165) is 16.8 Å². The fourth-order valence-electron chi connectivity index (χ4n) is 2.20. The van der Waals surface area contributed by atoms with Gasteiger partial charge in [0, 0.05) is 13.2 Å². The number of para-hydroxylation sites is 1. The van der Waals surface area contributed by atoms with E-state index >= 15 is 0 Å². The first kappa shape index (κ1) is 21.4. The molecule has 1 amide bonds. The Morgan fingerprint density at radius 1 is 1.29 bits per heavy atom. The molecule has 0 aliphatic carbocycles. The lowest BCUT2D eigenvalue weighted by Crippen LogP contribution is -2.40. The van der Waals surface area contributed by atoms with E-state index in [1.165, 1.54) is 26.1 Å². The molecule has 10 heteroatoms. The average Bonchev–Trinajstić information content (AvgIpc) is 3.08. The number of aryl methyl sites for hydroxylation is 1. The number of aliphatic carboxylic acids is 1. The van der Waals surface area contributed by atoms with Crippen LogP contribution in [0.15, 0.2) is 24.4 Å². The molecule has 0 aliphatic heterocycles. The standard InChI is InChI=1S/C18H22F2N4O4/c1-18(2,17(26)27)11-21-15(25)10-28-8-4-5-12-9-24(23-22-12)16-13(19)6-3-7-14(16)20/h3,6-7,9H,4-5,8,10-11H2,1-2H3,(H,21,25)(H,26,27). The Bertz CT molecular complexity index is 818. The van der Waals surface area contributed by atoms with Crippen LogP contribution in [0.4, 0.5) is 8.78 Å². The van der Waals surface area contributed by atoms with Gasteiger partial charge in [-0.15, -0.1) is 5.10 Å². The van der Waals surface area contributed by atoms with Crippen molar-refractivity contribution in [1.82, 2.24) is 20.3 Å². The van der Waals surface area contributed by atoms with E-state index in [0.29, 0.717) is 18.5 Å². The summed E-state index contributed by atoms with van der Waals surface area (Å²) in [5.74, 6) is -2.89. The second-order valence-electron chi connectivity index (χ2n) is 6.85. The third kappa shape index (κ3) is 5.81. The maximum absolute atomic E-state index is 13.7. The summed E-state index contributed by atoms with van der Waals surface area (Å²) in [7, 11) is 0. The molecule has 1 aromatic carbocycles. The van der Waals surface area contributed by atoms with Crippen LogP contribution in [0.5, 0.6) is 0 Å². The highest BCUT2D eigenvalue weighted by atomic mass is 19.1. The molecule has 0 spiro atoms. The molecular formula is C18H22F2N4O4. The second-order valence-corrected chi connectivity index (χ2v) is 6.85. The van der Waals surface area contributed by atoms with Crippen LogP contribution in [0, 0.1) is 17.0 Å². The Morgan fingerprint density at radius 3 is 2.61 bits per heavy atom. The maximum atomic E-state index is 13.7. The molecule has 1 aromatic heterocycles. The number of amides is 1. The van der Waals surface area contributed by atoms with Crippen molar-refractivity contribution in [2.45, 2.75) is 26.7 Å². The predicted molar refractivity (Wildman–Crippen MR) is 94.8 cm³/mol. The zero-order valence-electron chi connectivity index (χ0n) is 15.6. The van der Waals surface area contributed by atoms with Crippen molar-refractivity contribution in [3.8, 4) is 5.69 Å². The molecule has 0 saturated carbocycles. The van der Waals surface area contributed by atoms with Gasteiger partial charge in [-0.25, -0.2) is 13.5 Å². The maximum Gasteiger partial charge on any atom is 0.310 e. The smallest absolute Gasteiger partial charge is 0.310 e. The summed E-state index contributed by atoms with van der Waals surface area (Å²) in [6.45, 7) is 3.09. The summed E-state index contributed by atoms with van der Waals surface area (Å²) in [4.78, 5) is 22.6. The van der Waals surface area contributed by atoms with Crippen LogP contribution in [0.3, 0.4) is 0 Å². The monoisotopic (exact) mass is 396 g/mol. The van der Waals surface area contributed by atoms with Crippen molar-refractivity contribution in [1.29, 1.82) is 0 Å². The number of carbonyl (C=O) groups is 2. The Kier molecular flexibility index (Phi) is 7.16. The van der Waals surface area contributed by atoms with E-state index < -0.39 is 28.9 Å². The van der Waals surface area contributed by atoms with Gasteiger partial charge in [-0.05, 0) is 38.8 Å². The Hall–Kier alpha value is -2.88. The first-order chi connectivity index (χ1) is 13.2. The lowest BCUT2D eigenvalue weighted by molar-refractivity contribution is -0.146. The molecule has 2 aromatic rings. The number of carboxylic acids is 1. The normalized spacial score (nSPS) is 11.4.